The number of hydrogen-bond acceptors (Lipinski definition) is 2. The van der Waals surface area contributed by atoms with Crippen LogP contribution in [0.5, 0.6) is 0 Å². The molecule has 0 amide bonds. The molecular formula is C8H13NO2. The second-order valence-electron chi connectivity index (χ2n) is 4.18. The summed E-state index contributed by atoms with van der Waals surface area (Å²) in [5.74, 6) is 0.284. The van der Waals surface area contributed by atoms with Crippen molar-refractivity contribution in [1.82, 2.24) is 5.32 Å². The van der Waals surface area contributed by atoms with Gasteiger partial charge in [-0.2, -0.15) is 0 Å². The Hall–Kier alpha value is -0.570. The molecule has 2 N–H and O–H groups in total. The van der Waals surface area contributed by atoms with E-state index in [0.29, 0.717) is 11.8 Å². The van der Waals surface area contributed by atoms with E-state index < -0.39 is 5.97 Å². The van der Waals surface area contributed by atoms with Gasteiger partial charge in [0.2, 0.25) is 0 Å². The number of fused-ring (bicyclic) bond motifs is 1. The summed E-state index contributed by atoms with van der Waals surface area (Å²) >= 11 is 0. The van der Waals surface area contributed by atoms with Crippen LogP contribution in [0.3, 0.4) is 0 Å². The zero-order chi connectivity index (χ0) is 8.22. The fourth-order valence-electron chi connectivity index (χ4n) is 2.46. The van der Waals surface area contributed by atoms with Crippen molar-refractivity contribution in [3.05, 3.63) is 0 Å². The molecule has 3 atom stereocenters. The van der Waals surface area contributed by atoms with E-state index in [1.54, 1.807) is 0 Å². The average Bonchev–Trinajstić information content (AvgIpc) is 2.34. The monoisotopic (exact) mass is 155 g/mol. The Labute approximate surface area is 65.8 Å². The van der Waals surface area contributed by atoms with E-state index in [0.717, 1.165) is 6.54 Å². The lowest BCUT2D eigenvalue weighted by Crippen LogP contribution is -2.37. The van der Waals surface area contributed by atoms with Crippen LogP contribution in [0, 0.1) is 17.3 Å². The van der Waals surface area contributed by atoms with Crippen LogP contribution in [0.15, 0.2) is 0 Å². The van der Waals surface area contributed by atoms with Gasteiger partial charge in [-0.1, -0.05) is 13.8 Å². The lowest BCUT2D eigenvalue weighted by Gasteiger charge is -2.14. The summed E-state index contributed by atoms with van der Waals surface area (Å²) < 4.78 is 0. The second-order valence-corrected chi connectivity index (χ2v) is 4.18. The molecule has 2 rings (SSSR count). The van der Waals surface area contributed by atoms with Crippen LogP contribution in [0.1, 0.15) is 13.8 Å². The minimum atomic E-state index is -0.692. The number of carboxylic acid groups (broad SMARTS) is 1. The molecule has 0 aromatic heterocycles. The largest absolute Gasteiger partial charge is 0.480 e. The summed E-state index contributed by atoms with van der Waals surface area (Å²) in [6.07, 6.45) is 0. The molecule has 0 radical (unpaired) electrons. The highest BCUT2D eigenvalue weighted by molar-refractivity contribution is 5.75. The predicted octanol–water partition coefficient (Wildman–Crippen LogP) is 0.315. The molecular weight excluding hydrogens is 142 g/mol. The van der Waals surface area contributed by atoms with E-state index in [-0.39, 0.29) is 11.5 Å². The maximum Gasteiger partial charge on any atom is 0.321 e. The van der Waals surface area contributed by atoms with E-state index in [1.807, 2.05) is 0 Å². The van der Waals surface area contributed by atoms with E-state index in [1.165, 1.54) is 0 Å². The first kappa shape index (κ1) is 7.10. The molecule has 0 spiro atoms. The number of hydrogen-bond donors (Lipinski definition) is 2. The van der Waals surface area contributed by atoms with Gasteiger partial charge in [0, 0.05) is 0 Å². The first-order valence-electron chi connectivity index (χ1n) is 4.01. The second kappa shape index (κ2) is 1.78. The summed E-state index contributed by atoms with van der Waals surface area (Å²) in [6.45, 7) is 5.19. The van der Waals surface area contributed by atoms with Crippen LogP contribution in [0.25, 0.3) is 0 Å². The molecule has 1 saturated heterocycles. The van der Waals surface area contributed by atoms with Crippen LogP contribution in [-0.2, 0) is 4.79 Å². The normalized spacial score (nSPS) is 45.1. The Morgan fingerprint density at radius 3 is 2.55 bits per heavy atom. The topological polar surface area (TPSA) is 49.3 Å². The smallest absolute Gasteiger partial charge is 0.321 e. The van der Waals surface area contributed by atoms with Gasteiger partial charge in [-0.3, -0.25) is 4.79 Å². The molecule has 1 aliphatic carbocycles. The third-order valence-corrected chi connectivity index (χ3v) is 3.32. The summed E-state index contributed by atoms with van der Waals surface area (Å²) in [6, 6.07) is -0.282. The summed E-state index contributed by atoms with van der Waals surface area (Å²) in [5.41, 5.74) is 0.272. The lowest BCUT2D eigenvalue weighted by molar-refractivity contribution is -0.139. The number of nitrogens with one attached hydrogen (secondary N) is 1. The summed E-state index contributed by atoms with van der Waals surface area (Å²) in [4.78, 5) is 10.7. The Bertz CT molecular complexity index is 212. The molecule has 62 valence electrons. The molecule has 11 heavy (non-hydrogen) atoms. The molecule has 0 unspecified atom stereocenters. The van der Waals surface area contributed by atoms with Gasteiger partial charge in [0.15, 0.2) is 0 Å². The third kappa shape index (κ3) is 0.745. The summed E-state index contributed by atoms with van der Waals surface area (Å²) in [5, 5.41) is 11.8. The number of aliphatic carboxylic acids is 1. The Morgan fingerprint density at radius 1 is 1.64 bits per heavy atom. The standard InChI is InChI=1S/C8H13NO2/c1-8(2)4-3-9-6(5(4)8)7(10)11/h4-6,9H,3H2,1-2H3,(H,10,11)/t4-,5-,6-/m0/s1. The third-order valence-electron chi connectivity index (χ3n) is 3.32. The molecule has 1 heterocycles. The molecule has 1 saturated carbocycles. The van der Waals surface area contributed by atoms with Crippen molar-refractivity contribution in [2.24, 2.45) is 17.3 Å². The molecule has 3 heteroatoms. The maximum atomic E-state index is 10.7. The van der Waals surface area contributed by atoms with Gasteiger partial charge >= 0.3 is 5.97 Å². The molecule has 3 nitrogen and oxygen atoms in total. The van der Waals surface area contributed by atoms with Crippen molar-refractivity contribution >= 4 is 5.97 Å². The van der Waals surface area contributed by atoms with Crippen LogP contribution in [-0.4, -0.2) is 23.7 Å². The van der Waals surface area contributed by atoms with Crippen molar-refractivity contribution in [3.63, 3.8) is 0 Å². The number of rotatable bonds is 1. The van der Waals surface area contributed by atoms with Gasteiger partial charge in [-0.15, -0.1) is 0 Å². The fourth-order valence-corrected chi connectivity index (χ4v) is 2.46. The fraction of sp³-hybridized carbons (Fsp3) is 0.875. The van der Waals surface area contributed by atoms with E-state index in [9.17, 15) is 4.79 Å². The Kier molecular flexibility index (Phi) is 1.15. The number of piperidine rings is 1. The first-order valence-corrected chi connectivity index (χ1v) is 4.01. The van der Waals surface area contributed by atoms with Crippen molar-refractivity contribution in [2.45, 2.75) is 19.9 Å². The SMILES string of the molecule is CC1(C)[C@@H]2[C@@H](C(=O)O)NC[C@@H]21. The van der Waals surface area contributed by atoms with Crippen LogP contribution in [0.4, 0.5) is 0 Å². The Morgan fingerprint density at radius 2 is 2.27 bits per heavy atom. The molecule has 0 aromatic rings. The highest BCUT2D eigenvalue weighted by atomic mass is 16.4. The molecule has 0 aromatic carbocycles. The van der Waals surface area contributed by atoms with E-state index in [2.05, 4.69) is 19.2 Å². The van der Waals surface area contributed by atoms with E-state index >= 15 is 0 Å². The van der Waals surface area contributed by atoms with E-state index in [4.69, 9.17) is 5.11 Å². The quantitative estimate of drug-likeness (QED) is 0.573. The number of carboxylic acids is 1. The minimum Gasteiger partial charge on any atom is -0.480 e. The van der Waals surface area contributed by atoms with Crippen LogP contribution >= 0.6 is 0 Å². The highest BCUT2D eigenvalue weighted by Crippen LogP contribution is 2.62. The maximum absolute atomic E-state index is 10.7. The molecule has 2 aliphatic rings. The molecule has 1 aliphatic heterocycles. The van der Waals surface area contributed by atoms with Gasteiger partial charge in [-0.25, -0.2) is 0 Å². The van der Waals surface area contributed by atoms with Crippen molar-refractivity contribution in [2.75, 3.05) is 6.54 Å². The van der Waals surface area contributed by atoms with Crippen molar-refractivity contribution in [1.29, 1.82) is 0 Å². The Balaban J connectivity index is 2.13. The number of carbonyl (C=O) groups is 1. The zero-order valence-electron chi connectivity index (χ0n) is 6.79. The minimum absolute atomic E-state index is 0.272. The van der Waals surface area contributed by atoms with Crippen LogP contribution in [0.2, 0.25) is 0 Å². The summed E-state index contributed by atoms with van der Waals surface area (Å²) in [7, 11) is 0. The zero-order valence-corrected chi connectivity index (χ0v) is 6.79. The predicted molar refractivity (Wildman–Crippen MR) is 40.2 cm³/mol. The van der Waals surface area contributed by atoms with Gasteiger partial charge in [0.05, 0.1) is 0 Å². The van der Waals surface area contributed by atoms with Gasteiger partial charge in [0.25, 0.3) is 0 Å². The van der Waals surface area contributed by atoms with Gasteiger partial charge < -0.3 is 10.4 Å². The molecule has 2 fully saturated rings. The van der Waals surface area contributed by atoms with Crippen molar-refractivity contribution in [3.8, 4) is 0 Å². The molecule has 0 bridgehead atoms. The van der Waals surface area contributed by atoms with Crippen LogP contribution < -0.4 is 5.32 Å². The lowest BCUT2D eigenvalue weighted by atomic mass is 10.0. The first-order chi connectivity index (χ1) is 5.05. The van der Waals surface area contributed by atoms with Gasteiger partial charge in [-0.05, 0) is 23.8 Å². The van der Waals surface area contributed by atoms with Gasteiger partial charge in [0.1, 0.15) is 6.04 Å². The average molecular weight is 155 g/mol. The highest BCUT2D eigenvalue weighted by Gasteiger charge is 2.65. The van der Waals surface area contributed by atoms with Crippen molar-refractivity contribution < 1.29 is 9.90 Å².